The number of hydrogen-bond acceptors (Lipinski definition) is 3. The predicted molar refractivity (Wildman–Crippen MR) is 73.9 cm³/mol. The van der Waals surface area contributed by atoms with Crippen molar-refractivity contribution in [2.75, 3.05) is 0 Å². The quantitative estimate of drug-likeness (QED) is 0.790. The normalized spacial score (nSPS) is 10.8. The minimum Gasteiger partial charge on any atom is -0.478 e. The van der Waals surface area contributed by atoms with Crippen molar-refractivity contribution in [2.45, 2.75) is 13.3 Å². The van der Waals surface area contributed by atoms with E-state index in [1.54, 1.807) is 12.3 Å². The van der Waals surface area contributed by atoms with Crippen molar-refractivity contribution in [1.29, 1.82) is 0 Å². The van der Waals surface area contributed by atoms with E-state index in [9.17, 15) is 4.79 Å². The second-order valence-corrected chi connectivity index (χ2v) is 4.69. The molecule has 5 heteroatoms. The zero-order valence-corrected chi connectivity index (χ0v) is 10.9. The molecule has 0 aliphatic carbocycles. The maximum Gasteiger partial charge on any atom is 0.339 e. The SMILES string of the molecule is Cc1cccc(Cc2nc3c(C(=O)O)cccn3n2)c1. The van der Waals surface area contributed by atoms with Gasteiger partial charge >= 0.3 is 5.97 Å². The molecule has 1 N–H and O–H groups in total. The molecule has 2 heterocycles. The Hall–Kier alpha value is -2.69. The van der Waals surface area contributed by atoms with Gasteiger partial charge in [0, 0.05) is 12.6 Å². The maximum atomic E-state index is 11.1. The van der Waals surface area contributed by atoms with E-state index >= 15 is 0 Å². The first-order valence-electron chi connectivity index (χ1n) is 6.26. The van der Waals surface area contributed by atoms with Gasteiger partial charge < -0.3 is 5.11 Å². The molecule has 0 saturated carbocycles. The summed E-state index contributed by atoms with van der Waals surface area (Å²) < 4.78 is 1.51. The number of pyridine rings is 1. The van der Waals surface area contributed by atoms with E-state index < -0.39 is 5.97 Å². The maximum absolute atomic E-state index is 11.1. The molecule has 0 unspecified atom stereocenters. The highest BCUT2D eigenvalue weighted by molar-refractivity contribution is 5.94. The summed E-state index contributed by atoms with van der Waals surface area (Å²) in [6, 6.07) is 11.3. The highest BCUT2D eigenvalue weighted by Crippen LogP contribution is 2.12. The van der Waals surface area contributed by atoms with Gasteiger partial charge in [-0.25, -0.2) is 14.3 Å². The van der Waals surface area contributed by atoms with Gasteiger partial charge in [-0.3, -0.25) is 0 Å². The van der Waals surface area contributed by atoms with Gasteiger partial charge in [0.25, 0.3) is 0 Å². The summed E-state index contributed by atoms with van der Waals surface area (Å²) in [6.45, 7) is 2.03. The van der Waals surface area contributed by atoms with Crippen LogP contribution in [0, 0.1) is 6.92 Å². The third-order valence-corrected chi connectivity index (χ3v) is 3.08. The highest BCUT2D eigenvalue weighted by atomic mass is 16.4. The topological polar surface area (TPSA) is 67.5 Å². The minimum absolute atomic E-state index is 0.162. The molecule has 2 aromatic heterocycles. The Morgan fingerprint density at radius 2 is 2.15 bits per heavy atom. The number of hydrogen-bond donors (Lipinski definition) is 1. The summed E-state index contributed by atoms with van der Waals surface area (Å²) in [5, 5.41) is 13.5. The average molecular weight is 267 g/mol. The molecule has 0 atom stereocenters. The van der Waals surface area contributed by atoms with Crippen molar-refractivity contribution in [1.82, 2.24) is 14.6 Å². The smallest absolute Gasteiger partial charge is 0.339 e. The molecule has 0 spiro atoms. The zero-order chi connectivity index (χ0) is 14.1. The number of aromatic nitrogens is 3. The Balaban J connectivity index is 2.01. The molecule has 0 fully saturated rings. The largest absolute Gasteiger partial charge is 0.478 e. The van der Waals surface area contributed by atoms with E-state index in [2.05, 4.69) is 16.1 Å². The molecule has 20 heavy (non-hydrogen) atoms. The summed E-state index contributed by atoms with van der Waals surface area (Å²) in [5.41, 5.74) is 2.83. The van der Waals surface area contributed by atoms with Crippen molar-refractivity contribution in [3.63, 3.8) is 0 Å². The summed E-state index contributed by atoms with van der Waals surface area (Å²) in [7, 11) is 0. The molecule has 0 bridgehead atoms. The number of aromatic carboxylic acids is 1. The summed E-state index contributed by atoms with van der Waals surface area (Å²) in [6.07, 6.45) is 2.29. The first-order chi connectivity index (χ1) is 9.63. The Morgan fingerprint density at radius 1 is 1.30 bits per heavy atom. The Labute approximate surface area is 115 Å². The fourth-order valence-corrected chi connectivity index (χ4v) is 2.20. The molecule has 0 radical (unpaired) electrons. The molecule has 100 valence electrons. The van der Waals surface area contributed by atoms with Gasteiger partial charge in [0.1, 0.15) is 5.56 Å². The third-order valence-electron chi connectivity index (χ3n) is 3.08. The monoisotopic (exact) mass is 267 g/mol. The van der Waals surface area contributed by atoms with Gasteiger partial charge in [0.15, 0.2) is 11.5 Å². The van der Waals surface area contributed by atoms with Gasteiger partial charge in [-0.15, -0.1) is 0 Å². The van der Waals surface area contributed by atoms with Gasteiger partial charge in [-0.05, 0) is 24.6 Å². The second-order valence-electron chi connectivity index (χ2n) is 4.69. The Morgan fingerprint density at radius 3 is 2.90 bits per heavy atom. The number of carbonyl (C=O) groups is 1. The number of nitrogens with zero attached hydrogens (tertiary/aromatic N) is 3. The molecule has 0 aliphatic rings. The van der Waals surface area contributed by atoms with Crippen molar-refractivity contribution in [2.24, 2.45) is 0 Å². The molecular weight excluding hydrogens is 254 g/mol. The second kappa shape index (κ2) is 4.77. The Bertz CT molecular complexity index is 793. The number of benzene rings is 1. The van der Waals surface area contributed by atoms with Crippen molar-refractivity contribution in [3.8, 4) is 0 Å². The number of rotatable bonds is 3. The molecule has 0 aliphatic heterocycles. The van der Waals surface area contributed by atoms with Crippen LogP contribution in [0.2, 0.25) is 0 Å². The van der Waals surface area contributed by atoms with Crippen LogP contribution in [0.4, 0.5) is 0 Å². The van der Waals surface area contributed by atoms with Gasteiger partial charge in [-0.2, -0.15) is 5.10 Å². The fraction of sp³-hybridized carbons (Fsp3) is 0.133. The van der Waals surface area contributed by atoms with Crippen LogP contribution in [0.1, 0.15) is 27.3 Å². The lowest BCUT2D eigenvalue weighted by Gasteiger charge is -1.98. The molecule has 3 aromatic rings. The zero-order valence-electron chi connectivity index (χ0n) is 10.9. The lowest BCUT2D eigenvalue weighted by atomic mass is 10.1. The Kier molecular flexibility index (Phi) is 2.95. The molecule has 0 amide bonds. The molecular formula is C15H13N3O2. The third kappa shape index (κ3) is 2.25. The molecule has 3 rings (SSSR count). The van der Waals surface area contributed by atoms with Crippen LogP contribution in [0.25, 0.3) is 5.65 Å². The number of carboxylic acids is 1. The van der Waals surface area contributed by atoms with E-state index in [0.29, 0.717) is 17.9 Å². The van der Waals surface area contributed by atoms with E-state index in [4.69, 9.17) is 5.11 Å². The van der Waals surface area contributed by atoms with Gasteiger partial charge in [0.05, 0.1) is 0 Å². The van der Waals surface area contributed by atoms with Crippen LogP contribution in [-0.4, -0.2) is 25.7 Å². The van der Waals surface area contributed by atoms with Crippen LogP contribution in [0.5, 0.6) is 0 Å². The van der Waals surface area contributed by atoms with Crippen LogP contribution < -0.4 is 0 Å². The van der Waals surface area contributed by atoms with Gasteiger partial charge in [-0.1, -0.05) is 29.8 Å². The number of aryl methyl sites for hydroxylation is 1. The lowest BCUT2D eigenvalue weighted by molar-refractivity contribution is 0.0698. The van der Waals surface area contributed by atoms with Crippen LogP contribution in [-0.2, 0) is 6.42 Å². The van der Waals surface area contributed by atoms with E-state index in [1.807, 2.05) is 25.1 Å². The first-order valence-corrected chi connectivity index (χ1v) is 6.26. The van der Waals surface area contributed by atoms with E-state index in [0.717, 1.165) is 5.56 Å². The number of fused-ring (bicyclic) bond motifs is 1. The first kappa shape index (κ1) is 12.3. The molecule has 1 aromatic carbocycles. The predicted octanol–water partition coefficient (Wildman–Crippen LogP) is 2.33. The summed E-state index contributed by atoms with van der Waals surface area (Å²) >= 11 is 0. The van der Waals surface area contributed by atoms with E-state index in [-0.39, 0.29) is 5.56 Å². The van der Waals surface area contributed by atoms with Gasteiger partial charge in [0.2, 0.25) is 0 Å². The molecule has 0 saturated heterocycles. The summed E-state index contributed by atoms with van der Waals surface area (Å²) in [5.74, 6) is -0.380. The highest BCUT2D eigenvalue weighted by Gasteiger charge is 2.13. The lowest BCUT2D eigenvalue weighted by Crippen LogP contribution is -2.00. The average Bonchev–Trinajstić information content (AvgIpc) is 2.80. The fourth-order valence-electron chi connectivity index (χ4n) is 2.20. The number of carboxylic acid groups (broad SMARTS) is 1. The van der Waals surface area contributed by atoms with Crippen LogP contribution in [0.3, 0.4) is 0 Å². The van der Waals surface area contributed by atoms with Crippen LogP contribution >= 0.6 is 0 Å². The van der Waals surface area contributed by atoms with Crippen LogP contribution in [0.15, 0.2) is 42.6 Å². The minimum atomic E-state index is -0.995. The summed E-state index contributed by atoms with van der Waals surface area (Å²) in [4.78, 5) is 15.5. The van der Waals surface area contributed by atoms with Crippen molar-refractivity contribution < 1.29 is 9.90 Å². The van der Waals surface area contributed by atoms with Crippen molar-refractivity contribution >= 4 is 11.6 Å². The molecule has 5 nitrogen and oxygen atoms in total. The standard InChI is InChI=1S/C15H13N3O2/c1-10-4-2-5-11(8-10)9-13-16-14-12(15(19)20)6-3-7-18(14)17-13/h2-8H,9H2,1H3,(H,19,20). The van der Waals surface area contributed by atoms with Crippen molar-refractivity contribution in [3.05, 3.63) is 65.1 Å². The van der Waals surface area contributed by atoms with E-state index in [1.165, 1.54) is 16.1 Å².